The average Bonchev–Trinajstić information content (AvgIpc) is 0.973. The molecule has 0 unspecified atom stereocenters. The lowest BCUT2D eigenvalue weighted by molar-refractivity contribution is 1.23. The van der Waals surface area contributed by atoms with Gasteiger partial charge in [0.2, 0.25) is 0 Å². The summed E-state index contributed by atoms with van der Waals surface area (Å²) in [6.07, 6.45) is 0. The second-order valence-corrected chi connectivity index (χ2v) is 21.5. The smallest absolute Gasteiger partial charge is 0.0857 e. The Balaban J connectivity index is 0.947. The van der Waals surface area contributed by atoms with E-state index in [0.717, 1.165) is 112 Å². The second-order valence-electron chi connectivity index (χ2n) is 21.5. The third kappa shape index (κ3) is 10.4. The summed E-state index contributed by atoms with van der Waals surface area (Å²) in [5.74, 6) is 0. The van der Waals surface area contributed by atoms with Crippen LogP contribution < -0.4 is 0 Å². The predicted octanol–water partition coefficient (Wildman–Crippen LogP) is 24.1. The van der Waals surface area contributed by atoms with Crippen molar-refractivity contribution in [3.8, 4) is 134 Å². The van der Waals surface area contributed by atoms with Crippen molar-refractivity contribution in [2.24, 2.45) is 10.2 Å². The highest BCUT2D eigenvalue weighted by molar-refractivity contribution is 6.17. The van der Waals surface area contributed by atoms with Gasteiger partial charge in [-0.2, -0.15) is 10.2 Å². The van der Waals surface area contributed by atoms with Crippen molar-refractivity contribution in [3.63, 3.8) is 0 Å². The molecule has 0 aromatic heterocycles. The fraction of sp³-hybridized carbons (Fsp3) is 0. The summed E-state index contributed by atoms with van der Waals surface area (Å²) in [5.41, 5.74) is 29.1. The SMILES string of the molecule is c1ccc(-c2c(-c3ccccc3)c(-c3ccccc3)c(-c3ccc(N=Nc4ccc(-c5c(-c6ccccc6)c(-c6ccccc6)c(-c6ccccc6)c(-c6ccccc6)c5-c5ccccc5)cc4)cc3)c(-c3ccccc3)c2-c2ccccc2)cc1. The zero-order chi connectivity index (χ0) is 57.4. The molecule has 0 aliphatic rings. The molecule has 0 atom stereocenters. The van der Waals surface area contributed by atoms with E-state index >= 15 is 0 Å². The summed E-state index contributed by atoms with van der Waals surface area (Å²) in [6, 6.07) is 126. The van der Waals surface area contributed by atoms with E-state index < -0.39 is 0 Å². The minimum Gasteiger partial charge on any atom is -0.151 e. The van der Waals surface area contributed by atoms with E-state index in [2.05, 4.69) is 352 Å². The molecule has 0 radical (unpaired) electrons. The van der Waals surface area contributed by atoms with E-state index in [4.69, 9.17) is 10.2 Å². The Kier molecular flexibility index (Phi) is 14.9. The molecule has 0 fully saturated rings. The number of hydrogen-bond donors (Lipinski definition) is 0. The summed E-state index contributed by atoms with van der Waals surface area (Å²) >= 11 is 0. The van der Waals surface area contributed by atoms with Gasteiger partial charge in [-0.3, -0.25) is 0 Å². The lowest BCUT2D eigenvalue weighted by atomic mass is 9.74. The van der Waals surface area contributed by atoms with Gasteiger partial charge in [0, 0.05) is 0 Å². The van der Waals surface area contributed by atoms with Crippen molar-refractivity contribution in [1.82, 2.24) is 0 Å². The van der Waals surface area contributed by atoms with E-state index in [1.807, 2.05) is 0 Å². The van der Waals surface area contributed by atoms with E-state index in [1.54, 1.807) is 0 Å². The first-order valence-electron chi connectivity index (χ1n) is 29.4. The molecule has 404 valence electrons. The average molecular weight is 1100 g/mol. The second kappa shape index (κ2) is 24.3. The molecule has 0 bridgehead atoms. The Morgan fingerprint density at radius 1 is 0.105 bits per heavy atom. The van der Waals surface area contributed by atoms with Crippen LogP contribution in [-0.4, -0.2) is 0 Å². The molecule has 0 aliphatic heterocycles. The maximum atomic E-state index is 4.97. The van der Waals surface area contributed by atoms with Crippen LogP contribution in [0.3, 0.4) is 0 Å². The Labute approximate surface area is 504 Å². The van der Waals surface area contributed by atoms with Crippen LogP contribution in [0, 0.1) is 0 Å². The van der Waals surface area contributed by atoms with Crippen LogP contribution >= 0.6 is 0 Å². The largest absolute Gasteiger partial charge is 0.151 e. The third-order valence-electron chi connectivity index (χ3n) is 16.2. The van der Waals surface area contributed by atoms with Crippen LogP contribution in [-0.2, 0) is 0 Å². The number of azo groups is 1. The molecule has 0 heterocycles. The zero-order valence-electron chi connectivity index (χ0n) is 47.4. The van der Waals surface area contributed by atoms with Gasteiger partial charge < -0.3 is 0 Å². The summed E-state index contributed by atoms with van der Waals surface area (Å²) in [7, 11) is 0. The molecule has 2 heteroatoms. The number of nitrogens with zero attached hydrogens (tertiary/aromatic N) is 2. The predicted molar refractivity (Wildman–Crippen MR) is 362 cm³/mol. The molecule has 86 heavy (non-hydrogen) atoms. The van der Waals surface area contributed by atoms with Crippen LogP contribution in [0.5, 0.6) is 0 Å². The Hall–Kier alpha value is -11.3. The van der Waals surface area contributed by atoms with Crippen molar-refractivity contribution in [2.45, 2.75) is 0 Å². The zero-order valence-corrected chi connectivity index (χ0v) is 47.4. The lowest BCUT2D eigenvalue weighted by Gasteiger charge is -2.28. The summed E-state index contributed by atoms with van der Waals surface area (Å²) in [6.45, 7) is 0. The fourth-order valence-corrected chi connectivity index (χ4v) is 12.5. The van der Waals surface area contributed by atoms with Gasteiger partial charge in [-0.25, -0.2) is 0 Å². The standard InChI is InChI=1S/C84H58N2/c1-11-31-59(32-12-1)73-75(61-35-15-3-16-36-61)79(65-43-23-7-24-44-65)83(80(66-45-25-8-26-46-66)76(73)62-37-17-4-18-38-62)69-51-55-71(56-52-69)85-86-72-57-53-70(54-58-72)84-81(67-47-27-9-28-48-67)77(63-39-19-5-20-40-63)74(60-33-13-2-14-34-60)78(64-41-21-6-22-42-64)82(84)68-49-29-10-30-50-68/h1-58H. The molecule has 2 nitrogen and oxygen atoms in total. The molecule has 0 amide bonds. The quantitative estimate of drug-likeness (QED) is 0.0970. The summed E-state index contributed by atoms with van der Waals surface area (Å²) in [4.78, 5) is 0. The van der Waals surface area contributed by atoms with Crippen molar-refractivity contribution in [1.29, 1.82) is 0 Å². The van der Waals surface area contributed by atoms with Gasteiger partial charge in [0.15, 0.2) is 0 Å². The van der Waals surface area contributed by atoms with E-state index in [-0.39, 0.29) is 0 Å². The molecule has 14 rings (SSSR count). The minimum atomic E-state index is 0.752. The van der Waals surface area contributed by atoms with Crippen LogP contribution in [0.25, 0.3) is 134 Å². The van der Waals surface area contributed by atoms with Crippen molar-refractivity contribution in [2.75, 3.05) is 0 Å². The maximum absolute atomic E-state index is 4.97. The summed E-state index contributed by atoms with van der Waals surface area (Å²) < 4.78 is 0. The van der Waals surface area contributed by atoms with Crippen LogP contribution in [0.1, 0.15) is 0 Å². The maximum Gasteiger partial charge on any atom is 0.0857 e. The Morgan fingerprint density at radius 3 is 0.326 bits per heavy atom. The van der Waals surface area contributed by atoms with Gasteiger partial charge in [0.1, 0.15) is 0 Å². The molecular formula is C84H58N2. The molecule has 0 aliphatic carbocycles. The topological polar surface area (TPSA) is 24.7 Å². The molecular weight excluding hydrogens is 1040 g/mol. The van der Waals surface area contributed by atoms with Crippen LogP contribution in [0.2, 0.25) is 0 Å². The molecule has 14 aromatic rings. The van der Waals surface area contributed by atoms with E-state index in [0.29, 0.717) is 0 Å². The van der Waals surface area contributed by atoms with Crippen LogP contribution in [0.4, 0.5) is 11.4 Å². The molecule has 0 saturated heterocycles. The molecule has 14 aromatic carbocycles. The lowest BCUT2D eigenvalue weighted by Crippen LogP contribution is -2.02. The van der Waals surface area contributed by atoms with Crippen LogP contribution in [0.15, 0.2) is 362 Å². The number of benzene rings is 14. The fourth-order valence-electron chi connectivity index (χ4n) is 12.5. The highest BCUT2D eigenvalue weighted by atomic mass is 15.1. The van der Waals surface area contributed by atoms with E-state index in [9.17, 15) is 0 Å². The highest BCUT2D eigenvalue weighted by Gasteiger charge is 2.31. The van der Waals surface area contributed by atoms with Gasteiger partial charge in [-0.05, 0) is 158 Å². The van der Waals surface area contributed by atoms with Crippen molar-refractivity contribution in [3.05, 3.63) is 352 Å². The first-order chi connectivity index (χ1) is 42.7. The Bertz CT molecular complexity index is 4100. The van der Waals surface area contributed by atoms with Crippen molar-refractivity contribution >= 4 is 11.4 Å². The van der Waals surface area contributed by atoms with Gasteiger partial charge in [-0.1, -0.05) is 328 Å². The molecule has 0 spiro atoms. The van der Waals surface area contributed by atoms with E-state index in [1.165, 1.54) is 33.4 Å². The van der Waals surface area contributed by atoms with Crippen molar-refractivity contribution < 1.29 is 0 Å². The first-order valence-corrected chi connectivity index (χ1v) is 29.4. The molecule has 0 saturated carbocycles. The minimum absolute atomic E-state index is 0.752. The monoisotopic (exact) mass is 1090 g/mol. The normalized spacial score (nSPS) is 11.2. The number of rotatable bonds is 14. The summed E-state index contributed by atoms with van der Waals surface area (Å²) in [5, 5.41) is 9.93. The van der Waals surface area contributed by atoms with Gasteiger partial charge in [0.05, 0.1) is 11.4 Å². The number of hydrogen-bond acceptors (Lipinski definition) is 2. The van der Waals surface area contributed by atoms with Gasteiger partial charge >= 0.3 is 0 Å². The van der Waals surface area contributed by atoms with Gasteiger partial charge in [0.25, 0.3) is 0 Å². The first kappa shape index (κ1) is 52.7. The molecule has 0 N–H and O–H groups in total. The third-order valence-corrected chi connectivity index (χ3v) is 16.2. The Morgan fingerprint density at radius 2 is 0.209 bits per heavy atom. The van der Waals surface area contributed by atoms with Gasteiger partial charge in [-0.15, -0.1) is 0 Å². The highest BCUT2D eigenvalue weighted by Crippen LogP contribution is 2.58.